The number of hydrogen-bond donors (Lipinski definition) is 2. The van der Waals surface area contributed by atoms with E-state index in [1.807, 2.05) is 12.1 Å². The number of unbranched alkanes of at least 4 members (excludes halogenated alkanes) is 1. The molecule has 0 unspecified atom stereocenters. The lowest BCUT2D eigenvalue weighted by Crippen LogP contribution is -2.38. The molecule has 0 aromatic heterocycles. The van der Waals surface area contributed by atoms with Crippen molar-refractivity contribution < 1.29 is 9.47 Å². The standard InChI is InChI=1S/C17H29N3O2/c1-5-6-11-19-17(18-2)20-12-7-8-14-9-10-15(21-3)16(13-14)22-4/h9-10,13H,5-8,11-12H2,1-4H3,(H2,18,19,20). The van der Waals surface area contributed by atoms with Gasteiger partial charge in [-0.15, -0.1) is 0 Å². The molecule has 5 nitrogen and oxygen atoms in total. The van der Waals surface area contributed by atoms with Gasteiger partial charge in [-0.1, -0.05) is 19.4 Å². The molecule has 0 spiro atoms. The van der Waals surface area contributed by atoms with E-state index in [4.69, 9.17) is 9.47 Å². The van der Waals surface area contributed by atoms with Crippen molar-refractivity contribution in [2.45, 2.75) is 32.6 Å². The van der Waals surface area contributed by atoms with Crippen LogP contribution >= 0.6 is 0 Å². The third-order valence-electron chi connectivity index (χ3n) is 3.43. The monoisotopic (exact) mass is 307 g/mol. The lowest BCUT2D eigenvalue weighted by Gasteiger charge is -2.12. The highest BCUT2D eigenvalue weighted by molar-refractivity contribution is 5.79. The minimum absolute atomic E-state index is 0.768. The predicted octanol–water partition coefficient (Wildman–Crippen LogP) is 2.60. The maximum atomic E-state index is 5.32. The van der Waals surface area contributed by atoms with Gasteiger partial charge in [-0.3, -0.25) is 4.99 Å². The summed E-state index contributed by atoms with van der Waals surface area (Å²) in [5.41, 5.74) is 1.24. The summed E-state index contributed by atoms with van der Waals surface area (Å²) >= 11 is 0. The van der Waals surface area contributed by atoms with Crippen molar-refractivity contribution in [1.82, 2.24) is 10.6 Å². The van der Waals surface area contributed by atoms with Crippen molar-refractivity contribution in [3.05, 3.63) is 23.8 Å². The SMILES string of the molecule is CCCCNC(=NC)NCCCc1ccc(OC)c(OC)c1. The molecule has 0 aliphatic carbocycles. The maximum Gasteiger partial charge on any atom is 0.190 e. The molecular formula is C17H29N3O2. The Morgan fingerprint density at radius 2 is 1.73 bits per heavy atom. The smallest absolute Gasteiger partial charge is 0.190 e. The third kappa shape index (κ3) is 6.24. The number of aryl methyl sites for hydroxylation is 1. The second kappa shape index (κ2) is 10.8. The van der Waals surface area contributed by atoms with Gasteiger partial charge in [0, 0.05) is 20.1 Å². The molecule has 0 amide bonds. The fraction of sp³-hybridized carbons (Fsp3) is 0.588. The second-order valence-electron chi connectivity index (χ2n) is 5.07. The highest BCUT2D eigenvalue weighted by atomic mass is 16.5. The van der Waals surface area contributed by atoms with Gasteiger partial charge >= 0.3 is 0 Å². The molecule has 0 bridgehead atoms. The highest BCUT2D eigenvalue weighted by Crippen LogP contribution is 2.27. The number of hydrogen-bond acceptors (Lipinski definition) is 3. The molecule has 0 radical (unpaired) electrons. The molecule has 1 rings (SSSR count). The van der Waals surface area contributed by atoms with Crippen LogP contribution in [0.4, 0.5) is 0 Å². The number of aliphatic imine (C=N–C) groups is 1. The normalized spacial score (nSPS) is 11.2. The third-order valence-corrected chi connectivity index (χ3v) is 3.43. The maximum absolute atomic E-state index is 5.32. The summed E-state index contributed by atoms with van der Waals surface area (Å²) in [7, 11) is 5.11. The van der Waals surface area contributed by atoms with Gasteiger partial charge in [0.05, 0.1) is 14.2 Å². The lowest BCUT2D eigenvalue weighted by molar-refractivity contribution is 0.354. The van der Waals surface area contributed by atoms with Crippen LogP contribution < -0.4 is 20.1 Å². The highest BCUT2D eigenvalue weighted by Gasteiger charge is 2.04. The van der Waals surface area contributed by atoms with Gasteiger partial charge in [-0.2, -0.15) is 0 Å². The number of methoxy groups -OCH3 is 2. The Bertz CT molecular complexity index is 461. The van der Waals surface area contributed by atoms with E-state index in [0.717, 1.165) is 49.8 Å². The van der Waals surface area contributed by atoms with Crippen LogP contribution in [0.25, 0.3) is 0 Å². The molecule has 1 aromatic carbocycles. The zero-order valence-corrected chi connectivity index (χ0v) is 14.2. The predicted molar refractivity (Wildman–Crippen MR) is 92.1 cm³/mol. The van der Waals surface area contributed by atoms with E-state index in [1.165, 1.54) is 12.0 Å². The molecule has 0 aliphatic rings. The first-order valence-electron chi connectivity index (χ1n) is 7.90. The van der Waals surface area contributed by atoms with Gasteiger partial charge in [-0.25, -0.2) is 0 Å². The Morgan fingerprint density at radius 1 is 1.05 bits per heavy atom. The van der Waals surface area contributed by atoms with E-state index in [-0.39, 0.29) is 0 Å². The van der Waals surface area contributed by atoms with Crippen molar-refractivity contribution in [3.8, 4) is 11.5 Å². The van der Waals surface area contributed by atoms with Crippen molar-refractivity contribution in [3.63, 3.8) is 0 Å². The second-order valence-corrected chi connectivity index (χ2v) is 5.07. The van der Waals surface area contributed by atoms with Crippen LogP contribution in [0.2, 0.25) is 0 Å². The zero-order chi connectivity index (χ0) is 16.2. The largest absolute Gasteiger partial charge is 0.493 e. The lowest BCUT2D eigenvalue weighted by atomic mass is 10.1. The average molecular weight is 307 g/mol. The van der Waals surface area contributed by atoms with Crippen LogP contribution in [-0.4, -0.2) is 40.3 Å². The van der Waals surface area contributed by atoms with Crippen molar-refractivity contribution in [1.29, 1.82) is 0 Å². The Kier molecular flexibility index (Phi) is 8.88. The van der Waals surface area contributed by atoms with Gasteiger partial charge < -0.3 is 20.1 Å². The first-order chi connectivity index (χ1) is 10.7. The van der Waals surface area contributed by atoms with E-state index in [9.17, 15) is 0 Å². The number of nitrogens with zero attached hydrogens (tertiary/aromatic N) is 1. The fourth-order valence-electron chi connectivity index (χ4n) is 2.14. The summed E-state index contributed by atoms with van der Waals surface area (Å²) < 4.78 is 10.6. The van der Waals surface area contributed by atoms with E-state index < -0.39 is 0 Å². The molecule has 0 heterocycles. The molecule has 0 saturated carbocycles. The molecule has 124 valence electrons. The molecule has 0 atom stereocenters. The molecule has 0 aliphatic heterocycles. The number of rotatable bonds is 9. The Hall–Kier alpha value is -1.91. The molecule has 1 aromatic rings. The summed E-state index contributed by atoms with van der Waals surface area (Å²) in [6.07, 6.45) is 4.36. The quantitative estimate of drug-likeness (QED) is 0.418. The fourth-order valence-corrected chi connectivity index (χ4v) is 2.14. The molecule has 2 N–H and O–H groups in total. The van der Waals surface area contributed by atoms with Crippen molar-refractivity contribution in [2.24, 2.45) is 4.99 Å². The van der Waals surface area contributed by atoms with Crippen LogP contribution in [0.1, 0.15) is 31.7 Å². The van der Waals surface area contributed by atoms with Crippen LogP contribution in [0, 0.1) is 0 Å². The minimum Gasteiger partial charge on any atom is -0.493 e. The first-order valence-corrected chi connectivity index (χ1v) is 7.90. The Labute approximate surface area is 134 Å². The first kappa shape index (κ1) is 18.1. The van der Waals surface area contributed by atoms with Gasteiger partial charge in [0.1, 0.15) is 0 Å². The Morgan fingerprint density at radius 3 is 2.32 bits per heavy atom. The van der Waals surface area contributed by atoms with Crippen molar-refractivity contribution in [2.75, 3.05) is 34.4 Å². The molecule has 5 heteroatoms. The topological polar surface area (TPSA) is 54.9 Å². The minimum atomic E-state index is 0.768. The van der Waals surface area contributed by atoms with Crippen LogP contribution in [0.5, 0.6) is 11.5 Å². The summed E-state index contributed by atoms with van der Waals surface area (Å²) in [5.74, 6) is 2.43. The average Bonchev–Trinajstić information content (AvgIpc) is 2.56. The summed E-state index contributed by atoms with van der Waals surface area (Å²) in [5, 5.41) is 6.64. The number of nitrogens with one attached hydrogen (secondary N) is 2. The van der Waals surface area contributed by atoms with Crippen molar-refractivity contribution >= 4 is 5.96 Å². The van der Waals surface area contributed by atoms with Gasteiger partial charge in [0.25, 0.3) is 0 Å². The summed E-state index contributed by atoms with van der Waals surface area (Å²) in [4.78, 5) is 4.21. The Balaban J connectivity index is 2.34. The number of benzene rings is 1. The van der Waals surface area contributed by atoms with E-state index >= 15 is 0 Å². The van der Waals surface area contributed by atoms with Crippen LogP contribution in [-0.2, 0) is 6.42 Å². The van der Waals surface area contributed by atoms with Gasteiger partial charge in [-0.05, 0) is 37.0 Å². The molecular weight excluding hydrogens is 278 g/mol. The van der Waals surface area contributed by atoms with Gasteiger partial charge in [0.2, 0.25) is 0 Å². The van der Waals surface area contributed by atoms with Crippen LogP contribution in [0.15, 0.2) is 23.2 Å². The zero-order valence-electron chi connectivity index (χ0n) is 14.2. The van der Waals surface area contributed by atoms with E-state index in [2.05, 4.69) is 28.6 Å². The molecule has 0 fully saturated rings. The van der Waals surface area contributed by atoms with E-state index in [1.54, 1.807) is 21.3 Å². The molecule has 22 heavy (non-hydrogen) atoms. The summed E-state index contributed by atoms with van der Waals surface area (Å²) in [6.45, 7) is 4.03. The molecule has 0 saturated heterocycles. The number of ether oxygens (including phenoxy) is 2. The van der Waals surface area contributed by atoms with Crippen LogP contribution in [0.3, 0.4) is 0 Å². The van der Waals surface area contributed by atoms with E-state index in [0.29, 0.717) is 0 Å². The van der Waals surface area contributed by atoms with Gasteiger partial charge in [0.15, 0.2) is 17.5 Å². The number of guanidine groups is 1. The summed E-state index contributed by atoms with van der Waals surface area (Å²) in [6, 6.07) is 6.07.